The first-order valence-corrected chi connectivity index (χ1v) is 10.8. The highest BCUT2D eigenvalue weighted by Gasteiger charge is 2.21. The zero-order chi connectivity index (χ0) is 22.5. The van der Waals surface area contributed by atoms with E-state index in [1.54, 1.807) is 29.1 Å². The summed E-state index contributed by atoms with van der Waals surface area (Å²) >= 11 is 11.7. The number of aryl methyl sites for hydroxylation is 1. The van der Waals surface area contributed by atoms with Crippen LogP contribution in [0.3, 0.4) is 0 Å². The van der Waals surface area contributed by atoms with Crippen molar-refractivity contribution in [2.75, 3.05) is 5.32 Å². The molecule has 6 nitrogen and oxygen atoms in total. The fourth-order valence-corrected chi connectivity index (χ4v) is 4.00. The van der Waals surface area contributed by atoms with Crippen molar-refractivity contribution in [1.29, 1.82) is 0 Å². The van der Waals surface area contributed by atoms with E-state index in [4.69, 9.17) is 23.8 Å². The largest absolute Gasteiger partial charge is 0.493 e. The number of para-hydroxylation sites is 1. The van der Waals surface area contributed by atoms with Crippen molar-refractivity contribution in [2.45, 2.75) is 19.4 Å². The van der Waals surface area contributed by atoms with Crippen LogP contribution < -0.4 is 5.32 Å². The number of anilines is 1. The van der Waals surface area contributed by atoms with Crippen molar-refractivity contribution in [1.82, 2.24) is 14.1 Å². The summed E-state index contributed by atoms with van der Waals surface area (Å²) in [5.74, 6) is -0.313. The second kappa shape index (κ2) is 9.80. The third-order valence-corrected chi connectivity index (χ3v) is 5.70. The summed E-state index contributed by atoms with van der Waals surface area (Å²) in [6, 6.07) is 20.4. The number of pyridine rings is 1. The first kappa shape index (κ1) is 21.8. The number of aromatic hydroxyl groups is 1. The normalized spacial score (nSPS) is 10.8. The Hall–Kier alpha value is -3.42. The second-order valence-electron chi connectivity index (χ2n) is 7.22. The maximum atomic E-state index is 12.7. The van der Waals surface area contributed by atoms with Crippen molar-refractivity contribution < 1.29 is 9.90 Å². The summed E-state index contributed by atoms with van der Waals surface area (Å²) in [7, 11) is 0. The molecule has 0 aliphatic carbocycles. The summed E-state index contributed by atoms with van der Waals surface area (Å²) in [6.07, 6.45) is 3.83. The van der Waals surface area contributed by atoms with Crippen LogP contribution in [0.5, 0.6) is 5.88 Å². The van der Waals surface area contributed by atoms with Crippen LogP contribution in [-0.2, 0) is 24.2 Å². The van der Waals surface area contributed by atoms with Gasteiger partial charge in [-0.2, -0.15) is 0 Å². The molecular weight excluding hydrogens is 444 g/mol. The summed E-state index contributed by atoms with van der Waals surface area (Å²) < 4.78 is 3.82. The number of imidazole rings is 1. The van der Waals surface area contributed by atoms with Gasteiger partial charge >= 0.3 is 0 Å². The average molecular weight is 465 g/mol. The van der Waals surface area contributed by atoms with Crippen LogP contribution in [0.25, 0.3) is 5.69 Å². The second-order valence-corrected chi connectivity index (χ2v) is 8.02. The van der Waals surface area contributed by atoms with E-state index in [0.717, 1.165) is 11.3 Å². The zero-order valence-electron chi connectivity index (χ0n) is 17.1. The van der Waals surface area contributed by atoms with E-state index < -0.39 is 0 Å². The quantitative estimate of drug-likeness (QED) is 0.369. The molecule has 2 heterocycles. The molecule has 8 heteroatoms. The van der Waals surface area contributed by atoms with Crippen LogP contribution in [0.2, 0.25) is 5.02 Å². The number of amides is 1. The molecule has 0 spiro atoms. The molecule has 2 N–H and O–H groups in total. The van der Waals surface area contributed by atoms with Gasteiger partial charge < -0.3 is 15.0 Å². The van der Waals surface area contributed by atoms with E-state index in [9.17, 15) is 9.90 Å². The smallest absolute Gasteiger partial charge is 0.230 e. The number of hydrogen-bond donors (Lipinski definition) is 2. The molecule has 0 fully saturated rings. The Kier molecular flexibility index (Phi) is 6.68. The van der Waals surface area contributed by atoms with E-state index in [0.29, 0.717) is 34.1 Å². The standard InChI is InChI=1S/C24H21ClN4O2S/c25-18-10-8-17(9-11-18)12-14-28-21(15-22(30)27-19-5-4-13-26-16-19)23(31)29(24(28)32)20-6-2-1-3-7-20/h1-11,13,16,31H,12,14-15H2,(H,27,30). The van der Waals surface area contributed by atoms with Gasteiger partial charge in [-0.05, 0) is 60.6 Å². The molecule has 4 aromatic rings. The molecule has 0 aliphatic heterocycles. The van der Waals surface area contributed by atoms with Gasteiger partial charge in [0.2, 0.25) is 11.8 Å². The average Bonchev–Trinajstić information content (AvgIpc) is 3.03. The molecule has 4 rings (SSSR count). The fourth-order valence-electron chi connectivity index (χ4n) is 3.48. The molecule has 32 heavy (non-hydrogen) atoms. The minimum Gasteiger partial charge on any atom is -0.493 e. The van der Waals surface area contributed by atoms with Gasteiger partial charge in [-0.1, -0.05) is 41.9 Å². The number of nitrogens with one attached hydrogen (secondary N) is 1. The molecule has 2 aromatic carbocycles. The van der Waals surface area contributed by atoms with Crippen LogP contribution in [0.15, 0.2) is 79.1 Å². The molecule has 0 saturated heterocycles. The number of benzene rings is 2. The Morgan fingerprint density at radius 2 is 1.81 bits per heavy atom. The number of carbonyl (C=O) groups excluding carboxylic acids is 1. The predicted molar refractivity (Wildman–Crippen MR) is 128 cm³/mol. The lowest BCUT2D eigenvalue weighted by atomic mass is 10.1. The molecular formula is C24H21ClN4O2S. The van der Waals surface area contributed by atoms with Crippen LogP contribution >= 0.6 is 23.8 Å². The lowest BCUT2D eigenvalue weighted by Crippen LogP contribution is -2.17. The van der Waals surface area contributed by atoms with E-state index in [2.05, 4.69) is 10.3 Å². The maximum Gasteiger partial charge on any atom is 0.230 e. The lowest BCUT2D eigenvalue weighted by molar-refractivity contribution is -0.115. The predicted octanol–water partition coefficient (Wildman–Crippen LogP) is 5.19. The Morgan fingerprint density at radius 1 is 1.06 bits per heavy atom. The number of rotatable bonds is 7. The number of hydrogen-bond acceptors (Lipinski definition) is 4. The Morgan fingerprint density at radius 3 is 2.50 bits per heavy atom. The highest BCUT2D eigenvalue weighted by Crippen LogP contribution is 2.27. The van der Waals surface area contributed by atoms with Gasteiger partial charge in [-0.25, -0.2) is 0 Å². The van der Waals surface area contributed by atoms with Gasteiger partial charge in [0, 0.05) is 17.8 Å². The molecule has 0 aliphatic rings. The number of carbonyl (C=O) groups is 1. The lowest BCUT2D eigenvalue weighted by Gasteiger charge is -2.09. The Balaban J connectivity index is 1.67. The van der Waals surface area contributed by atoms with Crippen molar-refractivity contribution in [3.05, 3.63) is 100 Å². The van der Waals surface area contributed by atoms with Gasteiger partial charge in [0.15, 0.2) is 4.77 Å². The topological polar surface area (TPSA) is 72.1 Å². The van der Waals surface area contributed by atoms with Gasteiger partial charge in [-0.3, -0.25) is 14.3 Å². The van der Waals surface area contributed by atoms with Gasteiger partial charge in [-0.15, -0.1) is 0 Å². The van der Waals surface area contributed by atoms with Crippen molar-refractivity contribution in [3.8, 4) is 11.6 Å². The summed E-state index contributed by atoms with van der Waals surface area (Å²) in [5.41, 5.74) is 2.85. The highest BCUT2D eigenvalue weighted by molar-refractivity contribution is 7.71. The third kappa shape index (κ3) is 4.90. The number of aromatic nitrogens is 3. The van der Waals surface area contributed by atoms with Crippen molar-refractivity contribution >= 4 is 35.4 Å². The van der Waals surface area contributed by atoms with Crippen LogP contribution in [0.1, 0.15) is 11.3 Å². The van der Waals surface area contributed by atoms with Crippen LogP contribution in [0.4, 0.5) is 5.69 Å². The summed E-state index contributed by atoms with van der Waals surface area (Å²) in [6.45, 7) is 0.503. The van der Waals surface area contributed by atoms with E-state index in [1.807, 2.05) is 59.2 Å². The molecule has 0 unspecified atom stereocenters. The zero-order valence-corrected chi connectivity index (χ0v) is 18.7. The minimum absolute atomic E-state index is 0.0369. The molecule has 0 bridgehead atoms. The molecule has 2 aromatic heterocycles. The minimum atomic E-state index is -0.270. The van der Waals surface area contributed by atoms with Crippen molar-refractivity contribution in [2.24, 2.45) is 0 Å². The third-order valence-electron chi connectivity index (χ3n) is 5.04. The monoisotopic (exact) mass is 464 g/mol. The first-order chi connectivity index (χ1) is 15.5. The van der Waals surface area contributed by atoms with Crippen LogP contribution in [0, 0.1) is 4.77 Å². The molecule has 1 amide bonds. The van der Waals surface area contributed by atoms with Crippen molar-refractivity contribution in [3.63, 3.8) is 0 Å². The SMILES string of the molecule is O=C(Cc1c(O)n(-c2ccccc2)c(=S)n1CCc1ccc(Cl)cc1)Nc1cccnc1. The molecule has 162 valence electrons. The fraction of sp³-hybridized carbons (Fsp3) is 0.125. The van der Waals surface area contributed by atoms with E-state index in [-0.39, 0.29) is 18.2 Å². The Bertz CT molecular complexity index is 1270. The van der Waals surface area contributed by atoms with E-state index >= 15 is 0 Å². The summed E-state index contributed by atoms with van der Waals surface area (Å²) in [5, 5.41) is 14.5. The van der Waals surface area contributed by atoms with Gasteiger partial charge in [0.1, 0.15) is 0 Å². The van der Waals surface area contributed by atoms with Crippen LogP contribution in [-0.4, -0.2) is 25.1 Å². The Labute approximate surface area is 195 Å². The maximum absolute atomic E-state index is 12.7. The van der Waals surface area contributed by atoms with E-state index in [1.165, 1.54) is 0 Å². The summed E-state index contributed by atoms with van der Waals surface area (Å²) in [4.78, 5) is 16.7. The molecule has 0 saturated carbocycles. The highest BCUT2D eigenvalue weighted by atomic mass is 35.5. The molecule has 0 atom stereocenters. The number of nitrogens with zero attached hydrogens (tertiary/aromatic N) is 3. The number of halogens is 1. The first-order valence-electron chi connectivity index (χ1n) is 10.1. The van der Waals surface area contributed by atoms with Gasteiger partial charge in [0.05, 0.1) is 29.7 Å². The molecule has 0 radical (unpaired) electrons. The van der Waals surface area contributed by atoms with Gasteiger partial charge in [0.25, 0.3) is 0 Å².